The SMILES string of the molecule is C(=C\c1ccc(N(c2ccccc2)c2ccc(-n3c4ccccc4c4ccccc43)cc2)cc1)/c1ccc(N(c2ccccc2)c2ccc(-n3c4ccccc4c4ccccc43)cc2)cc1. The van der Waals surface area contributed by atoms with Gasteiger partial charge in [-0.1, -0.05) is 146 Å². The van der Waals surface area contributed by atoms with Crippen LogP contribution in [0.4, 0.5) is 34.1 Å². The Morgan fingerprint density at radius 3 is 0.773 bits per heavy atom. The summed E-state index contributed by atoms with van der Waals surface area (Å²) in [5.41, 5.74) is 15.9. The second-order valence-corrected chi connectivity index (χ2v) is 16.6. The van der Waals surface area contributed by atoms with Gasteiger partial charge >= 0.3 is 0 Å². The Morgan fingerprint density at radius 1 is 0.227 bits per heavy atom. The van der Waals surface area contributed by atoms with Crippen molar-refractivity contribution in [3.05, 3.63) is 266 Å². The molecule has 12 aromatic rings. The lowest BCUT2D eigenvalue weighted by Gasteiger charge is -2.26. The van der Waals surface area contributed by atoms with Crippen LogP contribution in [0.15, 0.2) is 255 Å². The Labute approximate surface area is 384 Å². The standard InChI is InChI=1S/C62H44N4/c1-3-15-47(16-4-1)63(51-37-41-53(42-38-51)65-59-23-11-7-19-55(59)56-20-8-12-24-60(56)65)49-33-29-45(30-34-49)27-28-46-31-35-50(36-32-46)64(48-17-5-2-6-18-48)52-39-43-54(44-40-52)66-61-25-13-9-21-57(61)58-22-10-14-26-62(58)66/h1-44H/b28-27+. The van der Waals surface area contributed by atoms with E-state index in [1.54, 1.807) is 0 Å². The second kappa shape index (κ2) is 16.7. The third kappa shape index (κ3) is 6.98. The van der Waals surface area contributed by atoms with Crippen molar-refractivity contribution < 1.29 is 0 Å². The summed E-state index contributed by atoms with van der Waals surface area (Å²) in [6, 6.07) is 91.3. The Balaban J connectivity index is 0.806. The summed E-state index contributed by atoms with van der Waals surface area (Å²) in [7, 11) is 0. The van der Waals surface area contributed by atoms with Crippen molar-refractivity contribution >= 4 is 89.9 Å². The molecule has 0 atom stereocenters. The number of rotatable bonds is 10. The van der Waals surface area contributed by atoms with Crippen molar-refractivity contribution in [1.29, 1.82) is 0 Å². The monoisotopic (exact) mass is 844 g/mol. The molecule has 12 rings (SSSR count). The molecule has 0 spiro atoms. The van der Waals surface area contributed by atoms with Gasteiger partial charge in [-0.15, -0.1) is 0 Å². The zero-order chi connectivity index (χ0) is 43.8. The first kappa shape index (κ1) is 38.8. The normalized spacial score (nSPS) is 11.6. The van der Waals surface area contributed by atoms with Crippen molar-refractivity contribution in [3.63, 3.8) is 0 Å². The summed E-state index contributed by atoms with van der Waals surface area (Å²) in [4.78, 5) is 4.64. The highest BCUT2D eigenvalue weighted by atomic mass is 15.1. The summed E-state index contributed by atoms with van der Waals surface area (Å²) in [6.45, 7) is 0. The van der Waals surface area contributed by atoms with Crippen LogP contribution in [0.3, 0.4) is 0 Å². The maximum absolute atomic E-state index is 2.36. The van der Waals surface area contributed by atoms with Crippen LogP contribution < -0.4 is 9.80 Å². The lowest BCUT2D eigenvalue weighted by molar-refractivity contribution is 1.17. The molecule has 0 aliphatic heterocycles. The average Bonchev–Trinajstić information content (AvgIpc) is 3.91. The summed E-state index contributed by atoms with van der Waals surface area (Å²) in [5, 5.41) is 5.05. The maximum atomic E-state index is 2.36. The Bertz CT molecular complexity index is 3310. The van der Waals surface area contributed by atoms with Crippen LogP contribution in [0, 0.1) is 0 Å². The molecule has 312 valence electrons. The molecule has 66 heavy (non-hydrogen) atoms. The van der Waals surface area contributed by atoms with Crippen LogP contribution in [0.25, 0.3) is 67.1 Å². The number of aromatic nitrogens is 2. The van der Waals surface area contributed by atoms with E-state index in [9.17, 15) is 0 Å². The maximum Gasteiger partial charge on any atom is 0.0541 e. The van der Waals surface area contributed by atoms with Gasteiger partial charge in [0.1, 0.15) is 0 Å². The summed E-state index contributed by atoms with van der Waals surface area (Å²) < 4.78 is 4.73. The van der Waals surface area contributed by atoms with Crippen molar-refractivity contribution in [3.8, 4) is 11.4 Å². The first-order chi connectivity index (χ1) is 32.7. The smallest absolute Gasteiger partial charge is 0.0541 e. The lowest BCUT2D eigenvalue weighted by Crippen LogP contribution is -2.10. The minimum Gasteiger partial charge on any atom is -0.311 e. The number of hydrogen-bond acceptors (Lipinski definition) is 2. The van der Waals surface area contributed by atoms with Crippen LogP contribution in [-0.2, 0) is 0 Å². The fourth-order valence-corrected chi connectivity index (χ4v) is 9.61. The van der Waals surface area contributed by atoms with Crippen molar-refractivity contribution in [2.75, 3.05) is 9.80 Å². The van der Waals surface area contributed by atoms with Gasteiger partial charge in [-0.05, 0) is 132 Å². The van der Waals surface area contributed by atoms with Crippen LogP contribution in [0.2, 0.25) is 0 Å². The molecule has 0 aliphatic rings. The molecule has 0 bridgehead atoms. The van der Waals surface area contributed by atoms with Gasteiger partial charge in [-0.3, -0.25) is 0 Å². The highest BCUT2D eigenvalue weighted by molar-refractivity contribution is 6.10. The van der Waals surface area contributed by atoms with Gasteiger partial charge in [0.05, 0.1) is 22.1 Å². The summed E-state index contributed by atoms with van der Waals surface area (Å²) in [5.74, 6) is 0. The van der Waals surface area contributed by atoms with Crippen LogP contribution >= 0.6 is 0 Å². The zero-order valence-corrected chi connectivity index (χ0v) is 36.2. The van der Waals surface area contributed by atoms with E-state index >= 15 is 0 Å². The van der Waals surface area contributed by atoms with E-state index in [0.29, 0.717) is 0 Å². The molecule has 0 N–H and O–H groups in total. The Hall–Kier alpha value is -8.86. The molecule has 10 aromatic carbocycles. The first-order valence-electron chi connectivity index (χ1n) is 22.5. The molecule has 0 unspecified atom stereocenters. The van der Waals surface area contributed by atoms with E-state index in [2.05, 4.69) is 286 Å². The number of para-hydroxylation sites is 6. The number of anilines is 6. The minimum atomic E-state index is 1.09. The predicted octanol–water partition coefficient (Wildman–Crippen LogP) is 17.0. The first-order valence-corrected chi connectivity index (χ1v) is 22.5. The molecular weight excluding hydrogens is 801 g/mol. The van der Waals surface area contributed by atoms with Gasteiger partial charge < -0.3 is 18.9 Å². The van der Waals surface area contributed by atoms with Crippen LogP contribution in [0.5, 0.6) is 0 Å². The number of hydrogen-bond donors (Lipinski definition) is 0. The zero-order valence-electron chi connectivity index (χ0n) is 36.2. The van der Waals surface area contributed by atoms with Gasteiger partial charge in [-0.25, -0.2) is 0 Å². The molecule has 0 fully saturated rings. The van der Waals surface area contributed by atoms with E-state index in [-0.39, 0.29) is 0 Å². The molecule has 2 aromatic heterocycles. The second-order valence-electron chi connectivity index (χ2n) is 16.6. The third-order valence-electron chi connectivity index (χ3n) is 12.7. The molecule has 0 radical (unpaired) electrons. The molecule has 0 saturated heterocycles. The van der Waals surface area contributed by atoms with Crippen molar-refractivity contribution in [1.82, 2.24) is 9.13 Å². The highest BCUT2D eigenvalue weighted by Crippen LogP contribution is 2.39. The minimum absolute atomic E-state index is 1.09. The predicted molar refractivity (Wildman–Crippen MR) is 280 cm³/mol. The number of benzene rings is 10. The Morgan fingerprint density at radius 2 is 0.470 bits per heavy atom. The molecule has 0 amide bonds. The molecule has 0 aliphatic carbocycles. The third-order valence-corrected chi connectivity index (χ3v) is 12.7. The molecule has 4 heteroatoms. The quantitative estimate of drug-likeness (QED) is 0.128. The lowest BCUT2D eigenvalue weighted by atomic mass is 10.1. The van der Waals surface area contributed by atoms with Crippen LogP contribution in [-0.4, -0.2) is 9.13 Å². The van der Waals surface area contributed by atoms with E-state index in [1.807, 2.05) is 0 Å². The van der Waals surface area contributed by atoms with E-state index in [0.717, 1.165) is 56.6 Å². The number of fused-ring (bicyclic) bond motifs is 6. The molecule has 0 saturated carbocycles. The summed E-state index contributed by atoms with van der Waals surface area (Å²) >= 11 is 0. The Kier molecular flexibility index (Phi) is 9.81. The van der Waals surface area contributed by atoms with Gasteiger partial charge in [-0.2, -0.15) is 0 Å². The van der Waals surface area contributed by atoms with E-state index < -0.39 is 0 Å². The van der Waals surface area contributed by atoms with Gasteiger partial charge in [0.25, 0.3) is 0 Å². The van der Waals surface area contributed by atoms with Crippen molar-refractivity contribution in [2.45, 2.75) is 0 Å². The van der Waals surface area contributed by atoms with Crippen LogP contribution in [0.1, 0.15) is 11.1 Å². The molecular formula is C62H44N4. The van der Waals surface area contributed by atoms with E-state index in [1.165, 1.54) is 43.6 Å². The average molecular weight is 845 g/mol. The van der Waals surface area contributed by atoms with Crippen molar-refractivity contribution in [2.24, 2.45) is 0 Å². The van der Waals surface area contributed by atoms with Gasteiger partial charge in [0.2, 0.25) is 0 Å². The topological polar surface area (TPSA) is 16.3 Å². The molecule has 4 nitrogen and oxygen atoms in total. The van der Waals surface area contributed by atoms with E-state index in [4.69, 9.17) is 0 Å². The largest absolute Gasteiger partial charge is 0.311 e. The summed E-state index contributed by atoms with van der Waals surface area (Å²) in [6.07, 6.45) is 4.38. The highest BCUT2D eigenvalue weighted by Gasteiger charge is 2.17. The fourth-order valence-electron chi connectivity index (χ4n) is 9.61. The van der Waals surface area contributed by atoms with Gasteiger partial charge in [0, 0.05) is 67.0 Å². The molecule has 2 heterocycles. The van der Waals surface area contributed by atoms with Gasteiger partial charge in [0.15, 0.2) is 0 Å². The number of nitrogens with zero attached hydrogens (tertiary/aromatic N) is 4. The fraction of sp³-hybridized carbons (Fsp3) is 0.